The van der Waals surface area contributed by atoms with Gasteiger partial charge in [-0.15, -0.1) is 0 Å². The van der Waals surface area contributed by atoms with E-state index in [4.69, 9.17) is 0 Å². The standard InChI is InChI=1S/3C14H12/c1-10-11-6-2-4-8-13(11)14-9-5-3-7-12(10)14;1-10-5-4-8-13-12-7-3-2-6-11(12)9-14(10)13;1-10-6-7-12-9-11-4-2-3-5-13(11)14(12)8-10/h2-10H,1H3;2*2-8H,9H2,1H3. The highest BCUT2D eigenvalue weighted by Crippen LogP contribution is 2.44. The Morgan fingerprint density at radius 3 is 1.60 bits per heavy atom. The summed E-state index contributed by atoms with van der Waals surface area (Å²) in [6, 6.07) is 48.1. The van der Waals surface area contributed by atoms with Crippen LogP contribution in [0.5, 0.6) is 0 Å². The molecule has 0 amide bonds. The fourth-order valence-electron chi connectivity index (χ4n) is 6.96. The van der Waals surface area contributed by atoms with E-state index in [-0.39, 0.29) is 0 Å². The average molecular weight is 541 g/mol. The molecule has 0 nitrogen and oxygen atoms in total. The van der Waals surface area contributed by atoms with Crippen LogP contribution in [0.25, 0.3) is 33.4 Å². The van der Waals surface area contributed by atoms with Crippen LogP contribution in [0.1, 0.15) is 57.3 Å². The van der Waals surface area contributed by atoms with Gasteiger partial charge in [0.25, 0.3) is 0 Å². The van der Waals surface area contributed by atoms with E-state index in [2.05, 4.69) is 154 Å². The molecular formula is C42H36. The first-order valence-corrected chi connectivity index (χ1v) is 15.1. The predicted octanol–water partition coefficient (Wildman–Crippen LogP) is 11.0. The molecule has 0 spiro atoms. The van der Waals surface area contributed by atoms with Crippen molar-refractivity contribution >= 4 is 0 Å². The van der Waals surface area contributed by atoms with Crippen molar-refractivity contribution in [3.63, 3.8) is 0 Å². The van der Waals surface area contributed by atoms with Gasteiger partial charge in [0.05, 0.1) is 0 Å². The van der Waals surface area contributed by atoms with E-state index in [0.717, 1.165) is 12.8 Å². The van der Waals surface area contributed by atoms with Gasteiger partial charge in [-0.1, -0.05) is 146 Å². The predicted molar refractivity (Wildman–Crippen MR) is 178 cm³/mol. The molecule has 0 saturated carbocycles. The van der Waals surface area contributed by atoms with Gasteiger partial charge in [-0.25, -0.2) is 0 Å². The van der Waals surface area contributed by atoms with Gasteiger partial charge in [0, 0.05) is 5.92 Å². The highest BCUT2D eigenvalue weighted by atomic mass is 14.3. The van der Waals surface area contributed by atoms with Gasteiger partial charge >= 0.3 is 0 Å². The molecule has 0 heteroatoms. The molecule has 3 aliphatic rings. The van der Waals surface area contributed by atoms with Gasteiger partial charge in [-0.05, 0) is 99.0 Å². The number of fused-ring (bicyclic) bond motifs is 9. The van der Waals surface area contributed by atoms with Crippen molar-refractivity contribution in [2.45, 2.75) is 39.5 Å². The van der Waals surface area contributed by atoms with Gasteiger partial charge in [0.2, 0.25) is 0 Å². The summed E-state index contributed by atoms with van der Waals surface area (Å²) >= 11 is 0. The minimum Gasteiger partial charge on any atom is -0.0619 e. The molecule has 0 N–H and O–H groups in total. The molecular weight excluding hydrogens is 504 g/mol. The summed E-state index contributed by atoms with van der Waals surface area (Å²) in [6.07, 6.45) is 2.21. The van der Waals surface area contributed by atoms with Gasteiger partial charge in [-0.3, -0.25) is 0 Å². The van der Waals surface area contributed by atoms with Crippen molar-refractivity contribution < 1.29 is 0 Å². The highest BCUT2D eigenvalue weighted by molar-refractivity contribution is 5.79. The smallest absolute Gasteiger partial charge is 0.00733 e. The maximum atomic E-state index is 2.29. The first-order chi connectivity index (χ1) is 20.6. The Bertz CT molecular complexity index is 1870. The summed E-state index contributed by atoms with van der Waals surface area (Å²) in [4.78, 5) is 0. The largest absolute Gasteiger partial charge is 0.0619 e. The first kappa shape index (κ1) is 26.2. The monoisotopic (exact) mass is 540 g/mol. The molecule has 204 valence electrons. The zero-order valence-corrected chi connectivity index (χ0v) is 24.7. The molecule has 42 heavy (non-hydrogen) atoms. The minimum atomic E-state index is 0.558. The molecule has 6 aromatic carbocycles. The summed E-state index contributed by atoms with van der Waals surface area (Å²) in [5.74, 6) is 0.558. The third-order valence-electron chi connectivity index (χ3n) is 9.18. The van der Waals surface area contributed by atoms with Crippen LogP contribution < -0.4 is 0 Å². The maximum Gasteiger partial charge on any atom is 0.00733 e. The Balaban J connectivity index is 0.000000103. The zero-order chi connectivity index (χ0) is 28.6. The van der Waals surface area contributed by atoms with Gasteiger partial charge in [-0.2, -0.15) is 0 Å². The molecule has 0 fully saturated rings. The number of hydrogen-bond donors (Lipinski definition) is 0. The van der Waals surface area contributed by atoms with Crippen LogP contribution in [-0.2, 0) is 12.8 Å². The number of aryl methyl sites for hydroxylation is 2. The van der Waals surface area contributed by atoms with Crippen LogP contribution in [0.2, 0.25) is 0 Å². The summed E-state index contributed by atoms with van der Waals surface area (Å²) < 4.78 is 0. The molecule has 6 aromatic rings. The molecule has 3 aliphatic carbocycles. The van der Waals surface area contributed by atoms with Crippen molar-refractivity contribution in [2.75, 3.05) is 0 Å². The van der Waals surface area contributed by atoms with E-state index in [9.17, 15) is 0 Å². The molecule has 0 unspecified atom stereocenters. The first-order valence-electron chi connectivity index (χ1n) is 15.1. The van der Waals surface area contributed by atoms with Crippen LogP contribution in [0, 0.1) is 13.8 Å². The normalized spacial score (nSPS) is 12.8. The summed E-state index contributed by atoms with van der Waals surface area (Å²) in [7, 11) is 0. The average Bonchev–Trinajstić information content (AvgIpc) is 3.69. The van der Waals surface area contributed by atoms with Crippen LogP contribution in [0.15, 0.2) is 133 Å². The Morgan fingerprint density at radius 2 is 0.929 bits per heavy atom. The van der Waals surface area contributed by atoms with Crippen molar-refractivity contribution in [3.8, 4) is 33.4 Å². The molecule has 0 saturated heterocycles. The Kier molecular flexibility index (Phi) is 6.84. The fourth-order valence-corrected chi connectivity index (χ4v) is 6.96. The second kappa shape index (κ2) is 11.0. The molecule has 0 radical (unpaired) electrons. The van der Waals surface area contributed by atoms with Gasteiger partial charge < -0.3 is 0 Å². The molecule has 0 heterocycles. The fraction of sp³-hybridized carbons (Fsp3) is 0.143. The summed E-state index contributed by atoms with van der Waals surface area (Å²) in [5.41, 5.74) is 20.1. The van der Waals surface area contributed by atoms with Crippen LogP contribution >= 0.6 is 0 Å². The number of rotatable bonds is 0. The maximum absolute atomic E-state index is 2.29. The van der Waals surface area contributed by atoms with Crippen LogP contribution in [0.4, 0.5) is 0 Å². The third kappa shape index (κ3) is 4.68. The second-order valence-corrected chi connectivity index (χ2v) is 11.8. The molecule has 9 rings (SSSR count). The van der Waals surface area contributed by atoms with E-state index in [1.807, 2.05) is 0 Å². The summed E-state index contributed by atoms with van der Waals surface area (Å²) in [5, 5.41) is 0. The molecule has 0 aromatic heterocycles. The number of benzene rings is 6. The van der Waals surface area contributed by atoms with Crippen molar-refractivity contribution in [1.82, 2.24) is 0 Å². The van der Waals surface area contributed by atoms with E-state index >= 15 is 0 Å². The lowest BCUT2D eigenvalue weighted by atomic mass is 10.00. The Labute approximate surface area is 250 Å². The zero-order valence-electron chi connectivity index (χ0n) is 24.7. The lowest BCUT2D eigenvalue weighted by molar-refractivity contribution is 0.957. The van der Waals surface area contributed by atoms with Crippen LogP contribution in [-0.4, -0.2) is 0 Å². The third-order valence-corrected chi connectivity index (χ3v) is 9.18. The van der Waals surface area contributed by atoms with Gasteiger partial charge in [0.1, 0.15) is 0 Å². The topological polar surface area (TPSA) is 0 Å². The Hall–Kier alpha value is -4.68. The summed E-state index contributed by atoms with van der Waals surface area (Å²) in [6.45, 7) is 6.64. The Morgan fingerprint density at radius 1 is 0.429 bits per heavy atom. The van der Waals surface area contributed by atoms with Crippen molar-refractivity contribution in [2.24, 2.45) is 0 Å². The SMILES string of the molecule is CC1c2ccccc2-c2ccccc21.Cc1ccc2c(c1)-c1ccccc1C2.Cc1cccc2c1Cc1ccccc1-2. The van der Waals surface area contributed by atoms with Crippen molar-refractivity contribution in [1.29, 1.82) is 0 Å². The lowest BCUT2D eigenvalue weighted by Gasteiger charge is -2.04. The molecule has 0 aliphatic heterocycles. The molecule has 0 bridgehead atoms. The van der Waals surface area contributed by atoms with E-state index in [1.54, 1.807) is 0 Å². The van der Waals surface area contributed by atoms with Crippen LogP contribution in [0.3, 0.4) is 0 Å². The van der Waals surface area contributed by atoms with E-state index < -0.39 is 0 Å². The quantitative estimate of drug-likeness (QED) is 0.179. The number of hydrogen-bond acceptors (Lipinski definition) is 0. The van der Waals surface area contributed by atoms with E-state index in [0.29, 0.717) is 5.92 Å². The lowest BCUT2D eigenvalue weighted by Crippen LogP contribution is -1.87. The second-order valence-electron chi connectivity index (χ2n) is 11.8. The molecule has 0 atom stereocenters. The highest BCUT2D eigenvalue weighted by Gasteiger charge is 2.23. The minimum absolute atomic E-state index is 0.558. The van der Waals surface area contributed by atoms with E-state index in [1.165, 1.54) is 77.9 Å². The van der Waals surface area contributed by atoms with Gasteiger partial charge in [0.15, 0.2) is 0 Å². The van der Waals surface area contributed by atoms with Crippen molar-refractivity contribution in [3.05, 3.63) is 178 Å².